The topological polar surface area (TPSA) is 9.23 Å². The van der Waals surface area contributed by atoms with Gasteiger partial charge in [0.1, 0.15) is 5.75 Å². The molecule has 0 aromatic heterocycles. The zero-order valence-corrected chi connectivity index (χ0v) is 16.4. The average molecular weight is 349 g/mol. The highest BCUT2D eigenvalue weighted by atomic mass is 16.5. The van der Waals surface area contributed by atoms with Crippen molar-refractivity contribution in [3.8, 4) is 17.6 Å². The number of hydrogen-bond acceptors (Lipinski definition) is 1. The molecule has 0 fully saturated rings. The molecule has 0 saturated carbocycles. The zero-order chi connectivity index (χ0) is 18.5. The quantitative estimate of drug-likeness (QED) is 0.340. The molecule has 0 heterocycles. The summed E-state index contributed by atoms with van der Waals surface area (Å²) >= 11 is 0. The third-order valence-corrected chi connectivity index (χ3v) is 4.71. The van der Waals surface area contributed by atoms with Gasteiger partial charge in [0.2, 0.25) is 0 Å². The maximum Gasteiger partial charge on any atom is 0.118 e. The molecule has 0 atom stereocenters. The Morgan fingerprint density at radius 1 is 0.654 bits per heavy atom. The highest BCUT2D eigenvalue weighted by Gasteiger charge is 1.96. The lowest BCUT2D eigenvalue weighted by molar-refractivity contribution is 0.415. The number of unbranched alkanes of at least 4 members (excludes halogenated alkanes) is 7. The van der Waals surface area contributed by atoms with Gasteiger partial charge in [0.25, 0.3) is 0 Å². The molecule has 2 rings (SSSR count). The van der Waals surface area contributed by atoms with E-state index in [0.29, 0.717) is 0 Å². The molecule has 1 heteroatoms. The van der Waals surface area contributed by atoms with Crippen LogP contribution in [0.25, 0.3) is 0 Å². The van der Waals surface area contributed by atoms with Gasteiger partial charge >= 0.3 is 0 Å². The van der Waals surface area contributed by atoms with E-state index in [4.69, 9.17) is 4.74 Å². The molecule has 0 unspecified atom stereocenters. The van der Waals surface area contributed by atoms with Crippen LogP contribution in [0.2, 0.25) is 0 Å². The molecule has 1 nitrogen and oxygen atoms in total. The summed E-state index contributed by atoms with van der Waals surface area (Å²) < 4.78 is 5.17. The van der Waals surface area contributed by atoms with Gasteiger partial charge in [-0.1, -0.05) is 75.8 Å². The lowest BCUT2D eigenvalue weighted by atomic mass is 10.0. The molecule has 0 spiro atoms. The van der Waals surface area contributed by atoms with Crippen LogP contribution in [0.5, 0.6) is 5.75 Å². The van der Waals surface area contributed by atoms with E-state index in [1.807, 2.05) is 24.3 Å². The lowest BCUT2D eigenvalue weighted by Crippen LogP contribution is -1.87. The first-order chi connectivity index (χ1) is 12.8. The number of ether oxygens (including phenoxy) is 1. The van der Waals surface area contributed by atoms with Crippen LogP contribution in [0.15, 0.2) is 48.5 Å². The minimum atomic E-state index is 0.862. The molecule has 0 radical (unpaired) electrons. The molecule has 0 aliphatic rings. The van der Waals surface area contributed by atoms with Gasteiger partial charge in [-0.25, -0.2) is 0 Å². The first kappa shape index (κ1) is 20.1. The van der Waals surface area contributed by atoms with Crippen LogP contribution < -0.4 is 4.74 Å². The summed E-state index contributed by atoms with van der Waals surface area (Å²) in [4.78, 5) is 0. The molecule has 138 valence electrons. The van der Waals surface area contributed by atoms with Crippen molar-refractivity contribution < 1.29 is 4.74 Å². The van der Waals surface area contributed by atoms with Crippen LogP contribution >= 0.6 is 0 Å². The predicted octanol–water partition coefficient (Wildman–Crippen LogP) is 6.78. The third kappa shape index (κ3) is 7.79. The second-order valence-electron chi connectivity index (χ2n) is 6.90. The molecule has 0 amide bonds. The van der Waals surface area contributed by atoms with Crippen LogP contribution in [0.4, 0.5) is 0 Å². The minimum Gasteiger partial charge on any atom is -0.497 e. The van der Waals surface area contributed by atoms with Gasteiger partial charge in [-0.05, 0) is 54.8 Å². The Morgan fingerprint density at radius 3 is 1.69 bits per heavy atom. The van der Waals surface area contributed by atoms with E-state index in [0.717, 1.165) is 16.9 Å². The summed E-state index contributed by atoms with van der Waals surface area (Å²) in [5.41, 5.74) is 3.50. The standard InChI is InChI=1S/C25H32O/c1-3-4-5-6-7-8-9-10-11-22-12-14-23(15-13-22)16-17-24-18-20-25(26-2)21-19-24/h12-15,18-21H,3-11H2,1-2H3. The Balaban J connectivity index is 1.70. The summed E-state index contributed by atoms with van der Waals surface area (Å²) in [6.45, 7) is 2.27. The van der Waals surface area contributed by atoms with Crippen molar-refractivity contribution in [1.82, 2.24) is 0 Å². The van der Waals surface area contributed by atoms with Gasteiger partial charge in [0, 0.05) is 11.1 Å². The molecule has 0 bridgehead atoms. The monoisotopic (exact) mass is 348 g/mol. The van der Waals surface area contributed by atoms with Crippen LogP contribution in [0, 0.1) is 11.8 Å². The molecule has 2 aromatic rings. The van der Waals surface area contributed by atoms with E-state index in [1.165, 1.54) is 63.4 Å². The Labute approximate surface area is 159 Å². The fraction of sp³-hybridized carbons (Fsp3) is 0.440. The predicted molar refractivity (Wildman–Crippen MR) is 112 cm³/mol. The second kappa shape index (κ2) is 12.2. The highest BCUT2D eigenvalue weighted by Crippen LogP contribution is 2.13. The fourth-order valence-electron chi connectivity index (χ4n) is 3.04. The van der Waals surface area contributed by atoms with Gasteiger partial charge in [-0.15, -0.1) is 0 Å². The molecule has 0 N–H and O–H groups in total. The van der Waals surface area contributed by atoms with Crippen molar-refractivity contribution >= 4 is 0 Å². The summed E-state index contributed by atoms with van der Waals surface area (Å²) in [7, 11) is 1.68. The maximum atomic E-state index is 5.17. The van der Waals surface area contributed by atoms with E-state index in [2.05, 4.69) is 43.0 Å². The van der Waals surface area contributed by atoms with Gasteiger partial charge in [-0.2, -0.15) is 0 Å². The molecule has 0 saturated heterocycles. The molecule has 2 aromatic carbocycles. The Kier molecular flexibility index (Phi) is 9.44. The first-order valence-electron chi connectivity index (χ1n) is 10.1. The van der Waals surface area contributed by atoms with Gasteiger partial charge in [0.15, 0.2) is 0 Å². The smallest absolute Gasteiger partial charge is 0.118 e. The third-order valence-electron chi connectivity index (χ3n) is 4.71. The number of rotatable bonds is 10. The van der Waals surface area contributed by atoms with E-state index in [9.17, 15) is 0 Å². The minimum absolute atomic E-state index is 0.862. The van der Waals surface area contributed by atoms with Gasteiger partial charge in [-0.3, -0.25) is 0 Å². The van der Waals surface area contributed by atoms with Crippen molar-refractivity contribution in [2.45, 2.75) is 64.7 Å². The van der Waals surface area contributed by atoms with Crippen LogP contribution in [0.3, 0.4) is 0 Å². The number of aryl methyl sites for hydroxylation is 1. The fourth-order valence-corrected chi connectivity index (χ4v) is 3.04. The van der Waals surface area contributed by atoms with Crippen molar-refractivity contribution in [3.05, 3.63) is 65.2 Å². The lowest BCUT2D eigenvalue weighted by Gasteiger charge is -2.03. The highest BCUT2D eigenvalue weighted by molar-refractivity contribution is 5.44. The van der Waals surface area contributed by atoms with Crippen LogP contribution in [-0.2, 0) is 6.42 Å². The Morgan fingerprint density at radius 2 is 1.15 bits per heavy atom. The van der Waals surface area contributed by atoms with Crippen molar-refractivity contribution in [2.24, 2.45) is 0 Å². The summed E-state index contributed by atoms with van der Waals surface area (Å²) in [5, 5.41) is 0. The molecule has 0 aliphatic carbocycles. The average Bonchev–Trinajstić information content (AvgIpc) is 2.69. The molecular formula is C25H32O. The Hall–Kier alpha value is -2.20. The van der Waals surface area contributed by atoms with E-state index in [-0.39, 0.29) is 0 Å². The molecule has 26 heavy (non-hydrogen) atoms. The number of methoxy groups -OCH3 is 1. The van der Waals surface area contributed by atoms with Gasteiger partial charge in [0.05, 0.1) is 7.11 Å². The van der Waals surface area contributed by atoms with Crippen molar-refractivity contribution in [1.29, 1.82) is 0 Å². The second-order valence-corrected chi connectivity index (χ2v) is 6.90. The van der Waals surface area contributed by atoms with Crippen LogP contribution in [0.1, 0.15) is 75.0 Å². The van der Waals surface area contributed by atoms with Crippen molar-refractivity contribution in [3.63, 3.8) is 0 Å². The van der Waals surface area contributed by atoms with Crippen molar-refractivity contribution in [2.75, 3.05) is 7.11 Å². The maximum absolute atomic E-state index is 5.17. The Bertz CT molecular complexity index is 671. The number of benzene rings is 2. The summed E-state index contributed by atoms with van der Waals surface area (Å²) in [5.74, 6) is 7.30. The largest absolute Gasteiger partial charge is 0.497 e. The van der Waals surface area contributed by atoms with E-state index in [1.54, 1.807) is 7.11 Å². The summed E-state index contributed by atoms with van der Waals surface area (Å²) in [6.07, 6.45) is 12.2. The zero-order valence-electron chi connectivity index (χ0n) is 16.4. The van der Waals surface area contributed by atoms with Crippen LogP contribution in [-0.4, -0.2) is 7.11 Å². The normalized spacial score (nSPS) is 10.2. The molecular weight excluding hydrogens is 316 g/mol. The summed E-state index contributed by atoms with van der Waals surface area (Å²) in [6, 6.07) is 16.6. The first-order valence-corrected chi connectivity index (χ1v) is 10.1. The van der Waals surface area contributed by atoms with Gasteiger partial charge < -0.3 is 4.74 Å². The van der Waals surface area contributed by atoms with E-state index >= 15 is 0 Å². The van der Waals surface area contributed by atoms with E-state index < -0.39 is 0 Å². The SMILES string of the molecule is CCCCCCCCCCc1ccc(C#Cc2ccc(OC)cc2)cc1. The molecule has 0 aliphatic heterocycles. The number of hydrogen-bond donors (Lipinski definition) is 0.